The van der Waals surface area contributed by atoms with Gasteiger partial charge in [-0.3, -0.25) is 10.1 Å². The summed E-state index contributed by atoms with van der Waals surface area (Å²) >= 11 is 0. The molecular weight excluding hydrogens is 110 g/mol. The molecule has 1 heterocycles. The molecule has 3 amide bonds. The third-order valence-corrected chi connectivity index (χ3v) is 0.554. The van der Waals surface area contributed by atoms with E-state index in [1.807, 2.05) is 5.32 Å². The molecule has 1 radical (unpaired) electrons. The van der Waals surface area contributed by atoms with E-state index < -0.39 is 11.9 Å². The molecule has 1 aliphatic rings. The van der Waals surface area contributed by atoms with E-state index in [-0.39, 0.29) is 0 Å². The Bertz CT molecular complexity index is 162. The molecule has 1 aliphatic heterocycles. The Morgan fingerprint density at radius 1 is 1.50 bits per heavy atom. The van der Waals surface area contributed by atoms with Crippen molar-refractivity contribution >= 4 is 18.2 Å². The van der Waals surface area contributed by atoms with Crippen molar-refractivity contribution in [3.05, 3.63) is 0 Å². The first kappa shape index (κ1) is 4.76. The maximum Gasteiger partial charge on any atom is 0.366 e. The van der Waals surface area contributed by atoms with Gasteiger partial charge >= 0.3 is 6.03 Å². The van der Waals surface area contributed by atoms with Gasteiger partial charge < -0.3 is 0 Å². The van der Waals surface area contributed by atoms with E-state index in [0.29, 0.717) is 0 Å². The van der Waals surface area contributed by atoms with Crippen molar-refractivity contribution in [2.24, 2.45) is 5.10 Å². The second-order valence-electron chi connectivity index (χ2n) is 1.14. The zero-order chi connectivity index (χ0) is 5.98. The second-order valence-corrected chi connectivity index (χ2v) is 1.14. The minimum Gasteiger partial charge on any atom is -0.270 e. The molecule has 0 aliphatic carbocycles. The largest absolute Gasteiger partial charge is 0.366 e. The van der Waals surface area contributed by atoms with Gasteiger partial charge in [0.15, 0.2) is 0 Å². The van der Waals surface area contributed by atoms with Gasteiger partial charge in [-0.15, -0.1) is 5.10 Å². The molecule has 1 rings (SSSR count). The highest BCUT2D eigenvalue weighted by Gasteiger charge is 2.09. The van der Waals surface area contributed by atoms with Crippen LogP contribution in [-0.2, 0) is 4.79 Å². The number of carbonyl (C=O) groups excluding carboxylic acids is 2. The van der Waals surface area contributed by atoms with Crippen molar-refractivity contribution in [3.63, 3.8) is 0 Å². The zero-order valence-electron chi connectivity index (χ0n) is 3.79. The average molecular weight is 112 g/mol. The standard InChI is InChI=1S/C3H2N3O2/c7-2-1-4-6-3(8)5-2/h1H,(H,5,7,8). The van der Waals surface area contributed by atoms with Gasteiger partial charge in [-0.2, -0.15) is 0 Å². The van der Waals surface area contributed by atoms with Crippen LogP contribution in [0.3, 0.4) is 0 Å². The quantitative estimate of drug-likeness (QED) is 0.428. The van der Waals surface area contributed by atoms with E-state index in [1.165, 1.54) is 0 Å². The highest BCUT2D eigenvalue weighted by molar-refractivity contribution is 6.31. The maximum absolute atomic E-state index is 10.1. The molecule has 41 valence electrons. The summed E-state index contributed by atoms with van der Waals surface area (Å²) in [5.41, 5.74) is 2.98. The summed E-state index contributed by atoms with van der Waals surface area (Å²) in [6, 6.07) is -0.711. The van der Waals surface area contributed by atoms with Gasteiger partial charge in [-0.25, -0.2) is 4.79 Å². The van der Waals surface area contributed by atoms with E-state index in [1.54, 1.807) is 0 Å². The number of hydrogen-bond acceptors (Lipinski definition) is 3. The van der Waals surface area contributed by atoms with Crippen molar-refractivity contribution in [2.75, 3.05) is 0 Å². The number of imide groups is 1. The molecular formula is C3H2N3O2. The molecule has 0 aromatic heterocycles. The SMILES string of the molecule is O=C1C=N[N]C(=O)N1. The monoisotopic (exact) mass is 112 g/mol. The lowest BCUT2D eigenvalue weighted by Crippen LogP contribution is -2.38. The Labute approximate surface area is 44.8 Å². The number of nitrogens with one attached hydrogen (secondary N) is 1. The lowest BCUT2D eigenvalue weighted by atomic mass is 10.6. The minimum atomic E-state index is -0.711. The van der Waals surface area contributed by atoms with Crippen molar-refractivity contribution in [1.82, 2.24) is 10.7 Å². The molecule has 0 spiro atoms. The van der Waals surface area contributed by atoms with Crippen LogP contribution in [0.15, 0.2) is 5.10 Å². The van der Waals surface area contributed by atoms with Crippen LogP contribution in [0, 0.1) is 0 Å². The van der Waals surface area contributed by atoms with Crippen molar-refractivity contribution in [2.45, 2.75) is 0 Å². The van der Waals surface area contributed by atoms with Crippen LogP contribution < -0.4 is 10.7 Å². The normalized spacial score (nSPS) is 17.5. The Morgan fingerprint density at radius 3 is 2.62 bits per heavy atom. The first-order valence-corrected chi connectivity index (χ1v) is 1.88. The second kappa shape index (κ2) is 1.61. The summed E-state index contributed by atoms with van der Waals surface area (Å²) < 4.78 is 0. The van der Waals surface area contributed by atoms with Crippen LogP contribution in [0.4, 0.5) is 4.79 Å². The van der Waals surface area contributed by atoms with Gasteiger partial charge in [-0.05, 0) is 0 Å². The lowest BCUT2D eigenvalue weighted by Gasteiger charge is -1.99. The van der Waals surface area contributed by atoms with E-state index in [0.717, 1.165) is 6.21 Å². The summed E-state index contributed by atoms with van der Waals surface area (Å²) in [4.78, 5) is 20.2. The number of amides is 3. The maximum atomic E-state index is 10.1. The molecule has 0 aromatic carbocycles. The van der Waals surface area contributed by atoms with Gasteiger partial charge in [0.25, 0.3) is 5.91 Å². The highest BCUT2D eigenvalue weighted by Crippen LogP contribution is 1.74. The molecule has 5 heteroatoms. The number of carbonyl (C=O) groups is 2. The Hall–Kier alpha value is -1.39. The molecule has 0 aromatic rings. The van der Waals surface area contributed by atoms with E-state index in [2.05, 4.69) is 10.5 Å². The Kier molecular flexibility index (Phi) is 0.957. The van der Waals surface area contributed by atoms with Crippen LogP contribution in [0.25, 0.3) is 0 Å². The van der Waals surface area contributed by atoms with Crippen LogP contribution in [0.1, 0.15) is 0 Å². The van der Waals surface area contributed by atoms with Crippen LogP contribution in [0.2, 0.25) is 0 Å². The molecule has 0 saturated carbocycles. The molecule has 0 saturated heterocycles. The molecule has 0 atom stereocenters. The van der Waals surface area contributed by atoms with Crippen LogP contribution in [-0.4, -0.2) is 18.2 Å². The third kappa shape index (κ3) is 0.810. The van der Waals surface area contributed by atoms with E-state index in [9.17, 15) is 9.59 Å². The van der Waals surface area contributed by atoms with Gasteiger partial charge in [0.05, 0.1) is 0 Å². The lowest BCUT2D eigenvalue weighted by molar-refractivity contribution is -0.113. The number of urea groups is 1. The first-order chi connectivity index (χ1) is 3.79. The van der Waals surface area contributed by atoms with Crippen LogP contribution >= 0.6 is 0 Å². The highest BCUT2D eigenvalue weighted by atomic mass is 16.2. The minimum absolute atomic E-state index is 0.523. The van der Waals surface area contributed by atoms with Gasteiger partial charge in [0.2, 0.25) is 0 Å². The van der Waals surface area contributed by atoms with Crippen molar-refractivity contribution in [3.8, 4) is 0 Å². The smallest absolute Gasteiger partial charge is 0.270 e. The summed E-state index contributed by atoms with van der Waals surface area (Å²) in [6.07, 6.45) is 0.932. The summed E-state index contributed by atoms with van der Waals surface area (Å²) in [5, 5.41) is 4.96. The summed E-state index contributed by atoms with van der Waals surface area (Å²) in [5.74, 6) is -0.523. The van der Waals surface area contributed by atoms with Gasteiger partial charge in [0.1, 0.15) is 6.21 Å². The fourth-order valence-electron chi connectivity index (χ4n) is 0.296. The van der Waals surface area contributed by atoms with Gasteiger partial charge in [-0.1, -0.05) is 5.43 Å². The Morgan fingerprint density at radius 2 is 2.25 bits per heavy atom. The fraction of sp³-hybridized carbons (Fsp3) is 0. The molecule has 8 heavy (non-hydrogen) atoms. The van der Waals surface area contributed by atoms with Gasteiger partial charge in [0, 0.05) is 0 Å². The topological polar surface area (TPSA) is 72.6 Å². The average Bonchev–Trinajstić information content (AvgIpc) is 1.64. The fourth-order valence-corrected chi connectivity index (χ4v) is 0.296. The molecule has 1 N–H and O–H groups in total. The summed E-state index contributed by atoms with van der Waals surface area (Å²) in [7, 11) is 0. The zero-order valence-corrected chi connectivity index (χ0v) is 3.79. The van der Waals surface area contributed by atoms with Crippen LogP contribution in [0.5, 0.6) is 0 Å². The molecule has 0 fully saturated rings. The van der Waals surface area contributed by atoms with E-state index in [4.69, 9.17) is 0 Å². The predicted molar refractivity (Wildman–Crippen MR) is 24.2 cm³/mol. The summed E-state index contributed by atoms with van der Waals surface area (Å²) in [6.45, 7) is 0. The number of hydrogen-bond donors (Lipinski definition) is 1. The van der Waals surface area contributed by atoms with E-state index >= 15 is 0 Å². The third-order valence-electron chi connectivity index (χ3n) is 0.554. The number of nitrogens with zero attached hydrogens (tertiary/aromatic N) is 2. The van der Waals surface area contributed by atoms with Crippen molar-refractivity contribution < 1.29 is 9.59 Å². The molecule has 0 unspecified atom stereocenters. The first-order valence-electron chi connectivity index (χ1n) is 1.88. The molecule has 5 nitrogen and oxygen atoms in total. The number of rotatable bonds is 0. The molecule has 0 bridgehead atoms. The predicted octanol–water partition coefficient (Wildman–Crippen LogP) is -1.17. The van der Waals surface area contributed by atoms with Crippen molar-refractivity contribution in [1.29, 1.82) is 0 Å². The Balaban J connectivity index is 2.68.